The van der Waals surface area contributed by atoms with Crippen molar-refractivity contribution in [3.8, 4) is 5.75 Å². The molecule has 5 heteroatoms. The van der Waals surface area contributed by atoms with Crippen LogP contribution in [0.25, 0.3) is 0 Å². The zero-order chi connectivity index (χ0) is 15.5. The Hall–Kier alpha value is -2.11. The molecule has 0 heterocycles. The fraction of sp³-hybridized carbons (Fsp3) is 0.312. The summed E-state index contributed by atoms with van der Waals surface area (Å²) in [5, 5.41) is 18.6. The maximum absolute atomic E-state index is 11.2. The number of hydrogen-bond acceptors (Lipinski definition) is 5. The Morgan fingerprint density at radius 3 is 2.67 bits per heavy atom. The third-order valence-electron chi connectivity index (χ3n) is 2.58. The molecule has 1 rings (SSSR count). The van der Waals surface area contributed by atoms with Crippen molar-refractivity contribution >= 4 is 5.97 Å². The topological polar surface area (TPSA) is 76.0 Å². The molecule has 1 aromatic carbocycles. The molecule has 0 fully saturated rings. The van der Waals surface area contributed by atoms with E-state index in [0.29, 0.717) is 12.2 Å². The van der Waals surface area contributed by atoms with Crippen molar-refractivity contribution in [2.45, 2.75) is 12.5 Å². The number of aliphatic hydroxyl groups excluding tert-OH is 2. The van der Waals surface area contributed by atoms with E-state index in [1.165, 1.54) is 12.2 Å². The molecule has 114 valence electrons. The number of rotatable bonds is 9. The predicted octanol–water partition coefficient (Wildman–Crippen LogP) is 1.77. The number of carbonyl (C=O) groups excluding carboxylic acids is 1. The van der Waals surface area contributed by atoms with Crippen molar-refractivity contribution in [2.24, 2.45) is 0 Å². The van der Waals surface area contributed by atoms with Crippen molar-refractivity contribution in [3.63, 3.8) is 0 Å². The van der Waals surface area contributed by atoms with E-state index in [1.54, 1.807) is 30.3 Å². The van der Waals surface area contributed by atoms with Crippen molar-refractivity contribution in [1.82, 2.24) is 0 Å². The Kier molecular flexibility index (Phi) is 7.86. The van der Waals surface area contributed by atoms with Crippen LogP contribution in [0.3, 0.4) is 0 Å². The van der Waals surface area contributed by atoms with Gasteiger partial charge >= 0.3 is 5.97 Å². The molecule has 0 aliphatic carbocycles. The van der Waals surface area contributed by atoms with Crippen LogP contribution >= 0.6 is 0 Å². The van der Waals surface area contributed by atoms with E-state index in [1.807, 2.05) is 0 Å². The van der Waals surface area contributed by atoms with Crippen molar-refractivity contribution in [3.05, 3.63) is 54.6 Å². The molecule has 0 aliphatic heterocycles. The van der Waals surface area contributed by atoms with Crippen LogP contribution in [0.2, 0.25) is 0 Å². The zero-order valence-corrected chi connectivity index (χ0v) is 11.8. The normalized spacial score (nSPS) is 12.1. The highest BCUT2D eigenvalue weighted by molar-refractivity contribution is 5.81. The van der Waals surface area contributed by atoms with Gasteiger partial charge in [-0.3, -0.25) is 0 Å². The van der Waals surface area contributed by atoms with Gasteiger partial charge in [-0.05, 0) is 24.1 Å². The van der Waals surface area contributed by atoms with E-state index in [0.717, 1.165) is 5.56 Å². The Morgan fingerprint density at radius 2 is 2.05 bits per heavy atom. The first-order valence-electron chi connectivity index (χ1n) is 6.63. The Balaban J connectivity index is 2.44. The van der Waals surface area contributed by atoms with E-state index in [2.05, 4.69) is 6.58 Å². The van der Waals surface area contributed by atoms with Gasteiger partial charge in [-0.1, -0.05) is 30.9 Å². The van der Waals surface area contributed by atoms with Gasteiger partial charge in [-0.15, -0.1) is 0 Å². The SMILES string of the molecule is C=CCOC(=O)/C=C/C[C@@H](O)c1ccc(OCCO)cc1. The first kappa shape index (κ1) is 16.9. The van der Waals surface area contributed by atoms with Crippen LogP contribution in [0.15, 0.2) is 49.1 Å². The van der Waals surface area contributed by atoms with Gasteiger partial charge in [0.15, 0.2) is 0 Å². The Labute approximate surface area is 124 Å². The van der Waals surface area contributed by atoms with Crippen LogP contribution in [-0.2, 0) is 9.53 Å². The summed E-state index contributed by atoms with van der Waals surface area (Å²) in [5.74, 6) is 0.165. The second-order valence-electron chi connectivity index (χ2n) is 4.21. The minimum atomic E-state index is -0.708. The number of aliphatic hydroxyl groups is 2. The summed E-state index contributed by atoms with van der Waals surface area (Å²) >= 11 is 0. The maximum Gasteiger partial charge on any atom is 0.330 e. The Morgan fingerprint density at radius 1 is 1.33 bits per heavy atom. The summed E-state index contributed by atoms with van der Waals surface area (Å²) in [5.41, 5.74) is 0.718. The summed E-state index contributed by atoms with van der Waals surface area (Å²) in [6.07, 6.45) is 3.93. The van der Waals surface area contributed by atoms with Crippen LogP contribution in [0.1, 0.15) is 18.1 Å². The third kappa shape index (κ3) is 6.74. The molecule has 0 amide bonds. The van der Waals surface area contributed by atoms with Gasteiger partial charge < -0.3 is 19.7 Å². The zero-order valence-electron chi connectivity index (χ0n) is 11.8. The molecule has 2 N–H and O–H groups in total. The molecule has 0 saturated carbocycles. The predicted molar refractivity (Wildman–Crippen MR) is 78.9 cm³/mol. The number of ether oxygens (including phenoxy) is 2. The van der Waals surface area contributed by atoms with Gasteiger partial charge in [-0.2, -0.15) is 0 Å². The first-order chi connectivity index (χ1) is 10.2. The van der Waals surface area contributed by atoms with Gasteiger partial charge in [0, 0.05) is 6.08 Å². The molecule has 0 bridgehead atoms. The number of esters is 1. The lowest BCUT2D eigenvalue weighted by Gasteiger charge is -2.10. The quantitative estimate of drug-likeness (QED) is 0.412. The van der Waals surface area contributed by atoms with Gasteiger partial charge in [0.1, 0.15) is 19.0 Å². The molecular formula is C16H20O5. The molecule has 21 heavy (non-hydrogen) atoms. The van der Waals surface area contributed by atoms with Crippen LogP contribution in [0.5, 0.6) is 5.75 Å². The van der Waals surface area contributed by atoms with E-state index in [-0.39, 0.29) is 19.8 Å². The number of hydrogen-bond donors (Lipinski definition) is 2. The molecule has 5 nitrogen and oxygen atoms in total. The minimum Gasteiger partial charge on any atom is -0.491 e. The van der Waals surface area contributed by atoms with E-state index in [4.69, 9.17) is 14.6 Å². The van der Waals surface area contributed by atoms with Gasteiger partial charge in [0.05, 0.1) is 12.7 Å². The highest BCUT2D eigenvalue weighted by Crippen LogP contribution is 2.20. The van der Waals surface area contributed by atoms with Crippen molar-refractivity contribution in [2.75, 3.05) is 19.8 Å². The molecule has 0 saturated heterocycles. The summed E-state index contributed by atoms with van der Waals surface area (Å²) < 4.78 is 9.99. The third-order valence-corrected chi connectivity index (χ3v) is 2.58. The lowest BCUT2D eigenvalue weighted by molar-refractivity contribution is -0.136. The first-order valence-corrected chi connectivity index (χ1v) is 6.63. The summed E-state index contributed by atoms with van der Waals surface area (Å²) in [7, 11) is 0. The molecule has 1 atom stereocenters. The van der Waals surface area contributed by atoms with Crippen LogP contribution in [0.4, 0.5) is 0 Å². The van der Waals surface area contributed by atoms with E-state index >= 15 is 0 Å². The molecule has 0 spiro atoms. The second-order valence-corrected chi connectivity index (χ2v) is 4.21. The van der Waals surface area contributed by atoms with Gasteiger partial charge in [0.25, 0.3) is 0 Å². The van der Waals surface area contributed by atoms with Gasteiger partial charge in [0.2, 0.25) is 0 Å². The molecule has 0 aliphatic rings. The van der Waals surface area contributed by atoms with Crippen LogP contribution in [-0.4, -0.2) is 36.0 Å². The molecular weight excluding hydrogens is 272 g/mol. The summed E-state index contributed by atoms with van der Waals surface area (Å²) in [6, 6.07) is 6.91. The lowest BCUT2D eigenvalue weighted by atomic mass is 10.1. The molecule has 1 aromatic rings. The fourth-order valence-electron chi connectivity index (χ4n) is 1.57. The summed E-state index contributed by atoms with van der Waals surface area (Å²) in [4.78, 5) is 11.2. The van der Waals surface area contributed by atoms with Gasteiger partial charge in [-0.25, -0.2) is 4.79 Å². The Bertz CT molecular complexity index is 464. The number of benzene rings is 1. The number of carbonyl (C=O) groups is 1. The molecule has 0 aromatic heterocycles. The minimum absolute atomic E-state index is 0.0445. The highest BCUT2D eigenvalue weighted by Gasteiger charge is 2.06. The average molecular weight is 292 g/mol. The van der Waals surface area contributed by atoms with Crippen LogP contribution in [0, 0.1) is 0 Å². The highest BCUT2D eigenvalue weighted by atomic mass is 16.5. The van der Waals surface area contributed by atoms with Crippen LogP contribution < -0.4 is 4.74 Å². The van der Waals surface area contributed by atoms with Crippen molar-refractivity contribution < 1.29 is 24.5 Å². The standard InChI is InChI=1S/C16H20O5/c1-2-11-21-16(19)5-3-4-15(18)13-6-8-14(9-7-13)20-12-10-17/h2-3,5-9,15,17-18H,1,4,10-12H2/b5-3+/t15-/m1/s1. The fourth-order valence-corrected chi connectivity index (χ4v) is 1.57. The monoisotopic (exact) mass is 292 g/mol. The smallest absolute Gasteiger partial charge is 0.330 e. The lowest BCUT2D eigenvalue weighted by Crippen LogP contribution is -2.02. The molecule has 0 radical (unpaired) electrons. The van der Waals surface area contributed by atoms with E-state index in [9.17, 15) is 9.90 Å². The second kappa shape index (κ2) is 9.74. The molecule has 0 unspecified atom stereocenters. The van der Waals surface area contributed by atoms with Crippen molar-refractivity contribution in [1.29, 1.82) is 0 Å². The average Bonchev–Trinajstić information content (AvgIpc) is 2.51. The largest absolute Gasteiger partial charge is 0.491 e. The van der Waals surface area contributed by atoms with E-state index < -0.39 is 12.1 Å². The maximum atomic E-state index is 11.2. The summed E-state index contributed by atoms with van der Waals surface area (Å²) in [6.45, 7) is 3.80.